The molecule has 0 saturated heterocycles. The van der Waals surface area contributed by atoms with Gasteiger partial charge in [0.05, 0.1) is 16.6 Å². The quantitative estimate of drug-likeness (QED) is 0.840. The smallest absolute Gasteiger partial charge is 0.233 e. The number of pyridine rings is 1. The van der Waals surface area contributed by atoms with Crippen molar-refractivity contribution >= 4 is 29.0 Å². The van der Waals surface area contributed by atoms with Crippen LogP contribution in [0.25, 0.3) is 0 Å². The van der Waals surface area contributed by atoms with E-state index >= 15 is 0 Å². The van der Waals surface area contributed by atoms with E-state index in [9.17, 15) is 4.79 Å². The van der Waals surface area contributed by atoms with Crippen LogP contribution in [0.5, 0.6) is 0 Å². The standard InChI is InChI=1S/C14H12ClN3O/c15-10-6-12-13(16-7-10)17-8-11(14(19)18-12)9-4-2-1-3-5-9/h1-7,11H,8H2,(H,16,17)(H,18,19). The minimum atomic E-state index is -0.242. The third kappa shape index (κ3) is 2.39. The fourth-order valence-corrected chi connectivity index (χ4v) is 2.30. The lowest BCUT2D eigenvalue weighted by Crippen LogP contribution is -2.23. The zero-order chi connectivity index (χ0) is 13.2. The molecule has 0 saturated carbocycles. The van der Waals surface area contributed by atoms with Crippen molar-refractivity contribution in [1.29, 1.82) is 0 Å². The molecule has 2 N–H and O–H groups in total. The molecule has 1 aliphatic heterocycles. The Kier molecular flexibility index (Phi) is 3.09. The molecule has 19 heavy (non-hydrogen) atoms. The maximum atomic E-state index is 12.3. The molecule has 2 heterocycles. The normalized spacial score (nSPS) is 17.9. The molecule has 1 aliphatic rings. The number of carbonyl (C=O) groups excluding carboxylic acids is 1. The lowest BCUT2D eigenvalue weighted by Gasteiger charge is -2.13. The van der Waals surface area contributed by atoms with Gasteiger partial charge in [-0.15, -0.1) is 0 Å². The summed E-state index contributed by atoms with van der Waals surface area (Å²) >= 11 is 5.89. The number of amides is 1. The number of halogens is 1. The van der Waals surface area contributed by atoms with Crippen molar-refractivity contribution in [2.45, 2.75) is 5.92 Å². The van der Waals surface area contributed by atoms with E-state index in [1.165, 1.54) is 0 Å². The highest BCUT2D eigenvalue weighted by Crippen LogP contribution is 2.29. The highest BCUT2D eigenvalue weighted by Gasteiger charge is 2.25. The van der Waals surface area contributed by atoms with Crippen molar-refractivity contribution in [3.8, 4) is 0 Å². The largest absolute Gasteiger partial charge is 0.367 e. The van der Waals surface area contributed by atoms with E-state index in [1.807, 2.05) is 30.3 Å². The van der Waals surface area contributed by atoms with Crippen LogP contribution in [0.2, 0.25) is 5.02 Å². The first-order valence-electron chi connectivity index (χ1n) is 5.99. The van der Waals surface area contributed by atoms with Crippen LogP contribution in [0.15, 0.2) is 42.6 Å². The van der Waals surface area contributed by atoms with Gasteiger partial charge in [0.15, 0.2) is 0 Å². The lowest BCUT2D eigenvalue weighted by molar-refractivity contribution is -0.117. The summed E-state index contributed by atoms with van der Waals surface area (Å²) in [5.41, 5.74) is 1.60. The molecule has 0 spiro atoms. The van der Waals surface area contributed by atoms with Gasteiger partial charge >= 0.3 is 0 Å². The predicted molar refractivity (Wildman–Crippen MR) is 75.5 cm³/mol. The number of benzene rings is 1. The Bertz CT molecular complexity index is 615. The van der Waals surface area contributed by atoms with Crippen LogP contribution in [-0.2, 0) is 4.79 Å². The minimum absolute atomic E-state index is 0.0542. The Morgan fingerprint density at radius 3 is 2.84 bits per heavy atom. The number of nitrogens with zero attached hydrogens (tertiary/aromatic N) is 1. The van der Waals surface area contributed by atoms with Crippen LogP contribution in [-0.4, -0.2) is 17.4 Å². The van der Waals surface area contributed by atoms with Crippen molar-refractivity contribution in [2.24, 2.45) is 0 Å². The third-order valence-electron chi connectivity index (χ3n) is 3.10. The van der Waals surface area contributed by atoms with Gasteiger partial charge in [-0.1, -0.05) is 41.9 Å². The van der Waals surface area contributed by atoms with Gasteiger partial charge in [-0.05, 0) is 11.6 Å². The van der Waals surface area contributed by atoms with Crippen molar-refractivity contribution in [1.82, 2.24) is 4.98 Å². The van der Waals surface area contributed by atoms with Gasteiger partial charge < -0.3 is 10.6 Å². The fraction of sp³-hybridized carbons (Fsp3) is 0.143. The van der Waals surface area contributed by atoms with Gasteiger partial charge in [0.25, 0.3) is 0 Å². The van der Waals surface area contributed by atoms with Gasteiger partial charge in [-0.25, -0.2) is 4.98 Å². The van der Waals surface area contributed by atoms with Crippen molar-refractivity contribution in [3.05, 3.63) is 53.2 Å². The average molecular weight is 274 g/mol. The van der Waals surface area contributed by atoms with Gasteiger partial charge in [-0.3, -0.25) is 4.79 Å². The zero-order valence-corrected chi connectivity index (χ0v) is 10.8. The molecule has 4 nitrogen and oxygen atoms in total. The van der Waals surface area contributed by atoms with Crippen LogP contribution in [0.1, 0.15) is 11.5 Å². The first kappa shape index (κ1) is 12.0. The number of hydrogen-bond donors (Lipinski definition) is 2. The second-order valence-electron chi connectivity index (χ2n) is 4.38. The summed E-state index contributed by atoms with van der Waals surface area (Å²) in [5.74, 6) is 0.354. The summed E-state index contributed by atoms with van der Waals surface area (Å²) in [6, 6.07) is 11.4. The monoisotopic (exact) mass is 273 g/mol. The summed E-state index contributed by atoms with van der Waals surface area (Å²) < 4.78 is 0. The van der Waals surface area contributed by atoms with Crippen LogP contribution in [0.4, 0.5) is 11.5 Å². The highest BCUT2D eigenvalue weighted by molar-refractivity contribution is 6.31. The Balaban J connectivity index is 1.93. The van der Waals surface area contributed by atoms with Gasteiger partial charge in [0.1, 0.15) is 5.82 Å². The number of rotatable bonds is 1. The maximum absolute atomic E-state index is 12.3. The number of anilines is 2. The molecule has 0 fully saturated rings. The molecule has 0 radical (unpaired) electrons. The first-order valence-corrected chi connectivity index (χ1v) is 6.37. The number of fused-ring (bicyclic) bond motifs is 1. The van der Waals surface area contributed by atoms with Crippen molar-refractivity contribution in [3.63, 3.8) is 0 Å². The van der Waals surface area contributed by atoms with E-state index in [-0.39, 0.29) is 11.8 Å². The van der Waals surface area contributed by atoms with Crippen molar-refractivity contribution < 1.29 is 4.79 Å². The Labute approximate surface area is 115 Å². The highest BCUT2D eigenvalue weighted by atomic mass is 35.5. The van der Waals surface area contributed by atoms with Crippen molar-refractivity contribution in [2.75, 3.05) is 17.2 Å². The zero-order valence-electron chi connectivity index (χ0n) is 10.1. The topological polar surface area (TPSA) is 54.0 Å². The van der Waals surface area contributed by atoms with Crippen LogP contribution < -0.4 is 10.6 Å². The van der Waals surface area contributed by atoms with E-state index in [0.29, 0.717) is 23.1 Å². The molecule has 0 bridgehead atoms. The third-order valence-corrected chi connectivity index (χ3v) is 3.31. The Morgan fingerprint density at radius 1 is 1.26 bits per heavy atom. The SMILES string of the molecule is O=C1Nc2cc(Cl)cnc2NCC1c1ccccc1. The lowest BCUT2D eigenvalue weighted by atomic mass is 9.98. The molecule has 1 aromatic carbocycles. The molecule has 1 atom stereocenters. The number of aromatic nitrogens is 1. The molecular weight excluding hydrogens is 262 g/mol. The average Bonchev–Trinajstić information content (AvgIpc) is 2.57. The van der Waals surface area contributed by atoms with E-state index < -0.39 is 0 Å². The maximum Gasteiger partial charge on any atom is 0.233 e. The molecule has 0 aliphatic carbocycles. The number of hydrogen-bond acceptors (Lipinski definition) is 3. The van der Waals surface area contributed by atoms with Crippen LogP contribution >= 0.6 is 11.6 Å². The van der Waals surface area contributed by atoms with Gasteiger partial charge in [0.2, 0.25) is 5.91 Å². The van der Waals surface area contributed by atoms with Crippen LogP contribution in [0.3, 0.4) is 0 Å². The van der Waals surface area contributed by atoms with E-state index in [1.54, 1.807) is 12.3 Å². The molecule has 1 aromatic heterocycles. The predicted octanol–water partition coefficient (Wildman–Crippen LogP) is 2.88. The molecule has 1 unspecified atom stereocenters. The fourth-order valence-electron chi connectivity index (χ4n) is 2.14. The molecule has 1 amide bonds. The summed E-state index contributed by atoms with van der Waals surface area (Å²) in [5, 5.41) is 6.54. The second kappa shape index (κ2) is 4.90. The summed E-state index contributed by atoms with van der Waals surface area (Å²) in [6.45, 7) is 0.511. The van der Waals surface area contributed by atoms with Crippen LogP contribution in [0, 0.1) is 0 Å². The second-order valence-corrected chi connectivity index (χ2v) is 4.82. The molecular formula is C14H12ClN3O. The molecule has 3 rings (SSSR count). The van der Waals surface area contributed by atoms with Gasteiger partial charge in [0, 0.05) is 12.7 Å². The first-order chi connectivity index (χ1) is 9.24. The van der Waals surface area contributed by atoms with E-state index in [0.717, 1.165) is 5.56 Å². The van der Waals surface area contributed by atoms with Gasteiger partial charge in [-0.2, -0.15) is 0 Å². The molecule has 5 heteroatoms. The van der Waals surface area contributed by atoms with E-state index in [4.69, 9.17) is 11.6 Å². The van der Waals surface area contributed by atoms with E-state index in [2.05, 4.69) is 15.6 Å². The summed E-state index contributed by atoms with van der Waals surface area (Å²) in [4.78, 5) is 16.5. The Hall–Kier alpha value is -2.07. The number of carbonyl (C=O) groups is 1. The molecule has 2 aromatic rings. The number of nitrogens with one attached hydrogen (secondary N) is 2. The Morgan fingerprint density at radius 2 is 2.05 bits per heavy atom. The molecule has 96 valence electrons. The minimum Gasteiger partial charge on any atom is -0.367 e. The summed E-state index contributed by atoms with van der Waals surface area (Å²) in [7, 11) is 0. The summed E-state index contributed by atoms with van der Waals surface area (Å²) in [6.07, 6.45) is 1.56.